The number of carbonyl (C=O) groups excluding carboxylic acids is 1. The lowest BCUT2D eigenvalue weighted by atomic mass is 9.92. The first-order chi connectivity index (χ1) is 15.9. The van der Waals surface area contributed by atoms with Gasteiger partial charge < -0.3 is 10.1 Å². The fourth-order valence-corrected chi connectivity index (χ4v) is 6.08. The van der Waals surface area contributed by atoms with Crippen LogP contribution >= 0.6 is 0 Å². The van der Waals surface area contributed by atoms with E-state index in [1.165, 1.54) is 17.5 Å². The predicted molar refractivity (Wildman–Crippen MR) is 129 cm³/mol. The van der Waals surface area contributed by atoms with Gasteiger partial charge in [-0.1, -0.05) is 18.2 Å². The van der Waals surface area contributed by atoms with Gasteiger partial charge in [0.15, 0.2) is 0 Å². The number of piperazine rings is 1. The number of sulfonamides is 1. The van der Waals surface area contributed by atoms with Crippen molar-refractivity contribution in [3.8, 4) is 5.75 Å². The summed E-state index contributed by atoms with van der Waals surface area (Å²) in [5, 5.41) is 2.95. The highest BCUT2D eigenvalue weighted by molar-refractivity contribution is 7.89. The van der Waals surface area contributed by atoms with Gasteiger partial charge in [0.25, 0.3) is 0 Å². The Balaban J connectivity index is 1.37. The summed E-state index contributed by atoms with van der Waals surface area (Å²) >= 11 is 0. The predicted octanol–water partition coefficient (Wildman–Crippen LogP) is 3.30. The average Bonchev–Trinajstić information content (AvgIpc) is 2.84. The molecule has 2 aromatic carbocycles. The van der Waals surface area contributed by atoms with Gasteiger partial charge in [0.05, 0.1) is 23.2 Å². The minimum Gasteiger partial charge on any atom is -0.492 e. The van der Waals surface area contributed by atoms with Crippen molar-refractivity contribution in [2.75, 3.05) is 38.1 Å². The first-order valence-electron chi connectivity index (χ1n) is 11.8. The van der Waals surface area contributed by atoms with Gasteiger partial charge in [-0.05, 0) is 74.9 Å². The lowest BCUT2D eigenvalue weighted by Gasteiger charge is -2.36. The topological polar surface area (TPSA) is 79.0 Å². The maximum absolute atomic E-state index is 13.2. The Kier molecular flexibility index (Phi) is 7.36. The van der Waals surface area contributed by atoms with Crippen molar-refractivity contribution in [2.24, 2.45) is 0 Å². The molecular weight excluding hydrogens is 438 g/mol. The second-order valence-corrected chi connectivity index (χ2v) is 10.6. The lowest BCUT2D eigenvalue weighted by Crippen LogP contribution is -2.53. The minimum atomic E-state index is -3.54. The van der Waals surface area contributed by atoms with Crippen LogP contribution < -0.4 is 10.1 Å². The quantitative estimate of drug-likeness (QED) is 0.670. The van der Waals surface area contributed by atoms with Crippen molar-refractivity contribution >= 4 is 21.6 Å². The summed E-state index contributed by atoms with van der Waals surface area (Å²) in [7, 11) is -3.54. The van der Waals surface area contributed by atoms with Gasteiger partial charge in [-0.25, -0.2) is 8.42 Å². The maximum atomic E-state index is 13.2. The number of hydrogen-bond donors (Lipinski definition) is 1. The number of hydrogen-bond acceptors (Lipinski definition) is 5. The van der Waals surface area contributed by atoms with Crippen LogP contribution in [0.1, 0.15) is 37.8 Å². The van der Waals surface area contributed by atoms with E-state index in [1.54, 1.807) is 10.4 Å². The molecule has 1 saturated heterocycles. The molecule has 1 aliphatic carbocycles. The molecule has 1 fully saturated rings. The second kappa shape index (κ2) is 10.2. The molecule has 1 amide bonds. The standard InChI is InChI=1S/C25H33N3O4S/c1-3-32-24-11-7-6-10-23(24)26-25(29)19(2)27-14-16-28(17-15-27)33(30,31)22-13-12-20-8-4-5-9-21(20)18-22/h6-7,10-13,18-19H,3-5,8-9,14-17H2,1-2H3,(H,26,29). The Labute approximate surface area is 196 Å². The number of carbonyl (C=O) groups is 1. The number of aryl methyl sites for hydroxylation is 2. The summed E-state index contributed by atoms with van der Waals surface area (Å²) in [4.78, 5) is 15.3. The molecule has 1 aliphatic heterocycles. The van der Waals surface area contributed by atoms with E-state index in [9.17, 15) is 13.2 Å². The first-order valence-corrected chi connectivity index (χ1v) is 13.2. The van der Waals surface area contributed by atoms with Gasteiger partial charge in [0.1, 0.15) is 5.75 Å². The SMILES string of the molecule is CCOc1ccccc1NC(=O)C(C)N1CCN(S(=O)(=O)c2ccc3c(c2)CCCC3)CC1. The van der Waals surface area contributed by atoms with E-state index in [1.807, 2.05) is 55.1 Å². The number of benzene rings is 2. The molecule has 1 unspecified atom stereocenters. The van der Waals surface area contributed by atoms with Gasteiger partial charge in [0, 0.05) is 26.2 Å². The van der Waals surface area contributed by atoms with E-state index < -0.39 is 10.0 Å². The normalized spacial score (nSPS) is 18.4. The van der Waals surface area contributed by atoms with Crippen molar-refractivity contribution in [1.82, 2.24) is 9.21 Å². The highest BCUT2D eigenvalue weighted by Gasteiger charge is 2.32. The fraction of sp³-hybridized carbons (Fsp3) is 0.480. The maximum Gasteiger partial charge on any atom is 0.243 e. The molecule has 1 N–H and O–H groups in total. The molecule has 8 heteroatoms. The van der Waals surface area contributed by atoms with Crippen LogP contribution in [-0.2, 0) is 27.7 Å². The van der Waals surface area contributed by atoms with E-state index in [0.717, 1.165) is 19.3 Å². The van der Waals surface area contributed by atoms with Crippen molar-refractivity contribution in [1.29, 1.82) is 0 Å². The molecule has 4 rings (SSSR count). The van der Waals surface area contributed by atoms with E-state index in [0.29, 0.717) is 49.1 Å². The number of nitrogens with zero attached hydrogens (tertiary/aromatic N) is 2. The molecule has 0 aromatic heterocycles. The molecule has 1 heterocycles. The molecule has 2 aromatic rings. The van der Waals surface area contributed by atoms with Crippen LogP contribution in [0.25, 0.3) is 0 Å². The third kappa shape index (κ3) is 5.23. The molecule has 0 radical (unpaired) electrons. The van der Waals surface area contributed by atoms with Crippen molar-refractivity contribution < 1.29 is 17.9 Å². The molecule has 178 valence electrons. The Morgan fingerprint density at radius 2 is 1.73 bits per heavy atom. The minimum absolute atomic E-state index is 0.131. The Bertz CT molecular complexity index is 1090. The smallest absolute Gasteiger partial charge is 0.243 e. The molecule has 1 atom stereocenters. The highest BCUT2D eigenvalue weighted by atomic mass is 32.2. The molecule has 0 saturated carbocycles. The number of para-hydroxylation sites is 2. The lowest BCUT2D eigenvalue weighted by molar-refractivity contribution is -0.121. The van der Waals surface area contributed by atoms with E-state index in [4.69, 9.17) is 4.74 Å². The summed E-state index contributed by atoms with van der Waals surface area (Å²) in [5.41, 5.74) is 3.08. The van der Waals surface area contributed by atoms with E-state index >= 15 is 0 Å². The van der Waals surface area contributed by atoms with Crippen LogP contribution in [0.5, 0.6) is 5.75 Å². The average molecular weight is 472 g/mol. The number of ether oxygens (including phenoxy) is 1. The Morgan fingerprint density at radius 3 is 2.45 bits per heavy atom. The highest BCUT2D eigenvalue weighted by Crippen LogP contribution is 2.27. The molecular formula is C25H33N3O4S. The van der Waals surface area contributed by atoms with Crippen LogP contribution in [0, 0.1) is 0 Å². The number of nitrogens with one attached hydrogen (secondary N) is 1. The third-order valence-corrected chi connectivity index (χ3v) is 8.50. The van der Waals surface area contributed by atoms with Crippen molar-refractivity contribution in [3.63, 3.8) is 0 Å². The first kappa shape index (κ1) is 23.7. The van der Waals surface area contributed by atoms with Gasteiger partial charge in [0.2, 0.25) is 15.9 Å². The van der Waals surface area contributed by atoms with Gasteiger partial charge in [-0.2, -0.15) is 4.31 Å². The summed E-state index contributed by atoms with van der Waals surface area (Å²) in [5.74, 6) is 0.509. The summed E-state index contributed by atoms with van der Waals surface area (Å²) < 4.78 is 33.6. The molecule has 0 bridgehead atoms. The van der Waals surface area contributed by atoms with Gasteiger partial charge in [-0.15, -0.1) is 0 Å². The van der Waals surface area contributed by atoms with Crippen LogP contribution in [0.2, 0.25) is 0 Å². The van der Waals surface area contributed by atoms with Crippen LogP contribution in [0.15, 0.2) is 47.4 Å². The molecule has 0 spiro atoms. The van der Waals surface area contributed by atoms with Crippen LogP contribution in [0.4, 0.5) is 5.69 Å². The largest absolute Gasteiger partial charge is 0.492 e. The van der Waals surface area contributed by atoms with Crippen molar-refractivity contribution in [2.45, 2.75) is 50.5 Å². The summed E-state index contributed by atoms with van der Waals surface area (Å²) in [6.45, 7) is 6.02. The fourth-order valence-electron chi connectivity index (χ4n) is 4.60. The Morgan fingerprint density at radius 1 is 1.03 bits per heavy atom. The zero-order valence-electron chi connectivity index (χ0n) is 19.4. The monoisotopic (exact) mass is 471 g/mol. The number of anilines is 1. The van der Waals surface area contributed by atoms with E-state index in [-0.39, 0.29) is 11.9 Å². The zero-order chi connectivity index (χ0) is 23.4. The number of amides is 1. The second-order valence-electron chi connectivity index (χ2n) is 8.67. The third-order valence-electron chi connectivity index (χ3n) is 6.60. The van der Waals surface area contributed by atoms with Crippen molar-refractivity contribution in [3.05, 3.63) is 53.6 Å². The summed E-state index contributed by atoms with van der Waals surface area (Å²) in [6, 6.07) is 12.6. The van der Waals surface area contributed by atoms with Gasteiger partial charge >= 0.3 is 0 Å². The molecule has 7 nitrogen and oxygen atoms in total. The number of fused-ring (bicyclic) bond motifs is 1. The van der Waals surface area contributed by atoms with Crippen LogP contribution in [0.3, 0.4) is 0 Å². The zero-order valence-corrected chi connectivity index (χ0v) is 20.2. The van der Waals surface area contributed by atoms with Crippen LogP contribution in [-0.4, -0.2) is 62.4 Å². The number of rotatable bonds is 7. The van der Waals surface area contributed by atoms with E-state index in [2.05, 4.69) is 5.32 Å². The summed E-state index contributed by atoms with van der Waals surface area (Å²) in [6.07, 6.45) is 4.27. The molecule has 33 heavy (non-hydrogen) atoms. The van der Waals surface area contributed by atoms with Gasteiger partial charge in [-0.3, -0.25) is 9.69 Å². The molecule has 2 aliphatic rings. The Hall–Kier alpha value is -2.42.